The molecule has 0 aliphatic carbocycles. The molecule has 8 nitrogen and oxygen atoms in total. The number of anilines is 2. The first-order valence-corrected chi connectivity index (χ1v) is 8.06. The molecule has 0 saturated carbocycles. The summed E-state index contributed by atoms with van der Waals surface area (Å²) in [5.74, 6) is -2.61. The molecule has 0 aliphatic heterocycles. The molecule has 2 heterocycles. The molecule has 0 unspecified atom stereocenters. The second-order valence-corrected chi connectivity index (χ2v) is 5.79. The zero-order valence-corrected chi connectivity index (χ0v) is 14.1. The Morgan fingerprint density at radius 2 is 1.71 bits per heavy atom. The second-order valence-electron chi connectivity index (χ2n) is 5.79. The van der Waals surface area contributed by atoms with Gasteiger partial charge < -0.3 is 9.97 Å². The van der Waals surface area contributed by atoms with Gasteiger partial charge in [0, 0.05) is 24.0 Å². The van der Waals surface area contributed by atoms with E-state index in [1.807, 2.05) is 0 Å². The van der Waals surface area contributed by atoms with Crippen molar-refractivity contribution in [1.29, 1.82) is 0 Å². The van der Waals surface area contributed by atoms with Crippen molar-refractivity contribution in [1.82, 2.24) is 19.9 Å². The number of carbonyl (C=O) groups is 2. The zero-order valence-electron chi connectivity index (χ0n) is 14.1. The van der Waals surface area contributed by atoms with Crippen LogP contribution in [0.5, 0.6) is 0 Å². The van der Waals surface area contributed by atoms with Gasteiger partial charge in [-0.1, -0.05) is 6.07 Å². The van der Waals surface area contributed by atoms with Gasteiger partial charge in [-0.15, -0.1) is 0 Å². The molecular formula is C18H12F2N6O2. The Bertz CT molecular complexity index is 1170. The predicted molar refractivity (Wildman–Crippen MR) is 96.9 cm³/mol. The Morgan fingerprint density at radius 3 is 2.43 bits per heavy atom. The summed E-state index contributed by atoms with van der Waals surface area (Å²) in [6, 6.07) is 7.33. The van der Waals surface area contributed by atoms with Gasteiger partial charge in [0.05, 0.1) is 16.6 Å². The minimum atomic E-state index is -0.869. The van der Waals surface area contributed by atoms with Gasteiger partial charge in [0.25, 0.3) is 11.8 Å². The van der Waals surface area contributed by atoms with Gasteiger partial charge >= 0.3 is 0 Å². The van der Waals surface area contributed by atoms with Crippen molar-refractivity contribution in [2.75, 3.05) is 10.6 Å². The summed E-state index contributed by atoms with van der Waals surface area (Å²) in [7, 11) is 0. The highest BCUT2D eigenvalue weighted by Gasteiger charge is 2.16. The number of aromatic nitrogens is 4. The summed E-state index contributed by atoms with van der Waals surface area (Å²) >= 11 is 0. The number of nitrogens with zero attached hydrogens (tertiary/aromatic N) is 2. The molecule has 0 saturated heterocycles. The molecule has 4 N–H and O–H groups in total. The number of benzene rings is 2. The lowest BCUT2D eigenvalue weighted by Gasteiger charge is -2.03. The van der Waals surface area contributed by atoms with E-state index in [9.17, 15) is 18.4 Å². The average molecular weight is 382 g/mol. The minimum absolute atomic E-state index is 0.0305. The fraction of sp³-hybridized carbons (Fsp3) is 0. The van der Waals surface area contributed by atoms with Crippen molar-refractivity contribution < 1.29 is 18.4 Å². The van der Waals surface area contributed by atoms with Gasteiger partial charge in [0.2, 0.25) is 11.9 Å². The van der Waals surface area contributed by atoms with Crippen LogP contribution in [0.2, 0.25) is 0 Å². The summed E-state index contributed by atoms with van der Waals surface area (Å²) < 4.78 is 26.6. The molecule has 10 heteroatoms. The maximum Gasteiger partial charge on any atom is 0.260 e. The quantitative estimate of drug-likeness (QED) is 0.434. The maximum absolute atomic E-state index is 13.3. The lowest BCUT2D eigenvalue weighted by Crippen LogP contribution is -2.14. The van der Waals surface area contributed by atoms with Crippen molar-refractivity contribution in [2.45, 2.75) is 0 Å². The van der Waals surface area contributed by atoms with Crippen LogP contribution in [0, 0.1) is 11.6 Å². The van der Waals surface area contributed by atoms with Gasteiger partial charge in [-0.25, -0.2) is 18.7 Å². The van der Waals surface area contributed by atoms with Crippen LogP contribution < -0.4 is 10.6 Å². The number of nitrogens with one attached hydrogen (secondary N) is 4. The minimum Gasteiger partial charge on any atom is -0.331 e. The van der Waals surface area contributed by atoms with Gasteiger partial charge in [-0.3, -0.25) is 20.2 Å². The molecule has 2 aromatic carbocycles. The molecule has 28 heavy (non-hydrogen) atoms. The molecule has 0 radical (unpaired) electrons. The van der Waals surface area contributed by atoms with Crippen molar-refractivity contribution in [3.8, 4) is 0 Å². The highest BCUT2D eigenvalue weighted by atomic mass is 19.1. The third kappa shape index (κ3) is 3.43. The lowest BCUT2D eigenvalue weighted by atomic mass is 10.2. The SMILES string of the molecule is O=C(Nc1nc2cccc(C(=O)Nc3ncc[nH]3)c2[nH]1)c1cc(F)cc(F)c1. The number of halogens is 2. The molecule has 0 bridgehead atoms. The first-order chi connectivity index (χ1) is 13.5. The van der Waals surface area contributed by atoms with Crippen molar-refractivity contribution in [2.24, 2.45) is 0 Å². The van der Waals surface area contributed by atoms with Crippen LogP contribution in [0.1, 0.15) is 20.7 Å². The van der Waals surface area contributed by atoms with Crippen LogP contribution in [-0.2, 0) is 0 Å². The van der Waals surface area contributed by atoms with E-state index in [1.165, 1.54) is 6.20 Å². The molecule has 2 amide bonds. The predicted octanol–water partition coefficient (Wildman–Crippen LogP) is 3.07. The Morgan fingerprint density at radius 1 is 0.964 bits per heavy atom. The van der Waals surface area contributed by atoms with Crippen LogP contribution in [0.3, 0.4) is 0 Å². The molecule has 0 aliphatic rings. The number of fused-ring (bicyclic) bond motifs is 1. The monoisotopic (exact) mass is 382 g/mol. The average Bonchev–Trinajstić information content (AvgIpc) is 3.29. The highest BCUT2D eigenvalue weighted by Crippen LogP contribution is 2.20. The zero-order chi connectivity index (χ0) is 19.7. The van der Waals surface area contributed by atoms with E-state index in [0.717, 1.165) is 12.1 Å². The first-order valence-electron chi connectivity index (χ1n) is 8.06. The number of amides is 2. The Labute approximate surface area is 156 Å². The Balaban J connectivity index is 1.61. The number of hydrogen-bond donors (Lipinski definition) is 4. The van der Waals surface area contributed by atoms with Gasteiger partial charge in [0.1, 0.15) is 11.6 Å². The summed E-state index contributed by atoms with van der Waals surface area (Å²) in [5.41, 5.74) is 0.882. The fourth-order valence-electron chi connectivity index (χ4n) is 2.65. The van der Waals surface area contributed by atoms with Crippen LogP contribution >= 0.6 is 0 Å². The lowest BCUT2D eigenvalue weighted by molar-refractivity contribution is 0.101. The fourth-order valence-corrected chi connectivity index (χ4v) is 2.65. The summed E-state index contributed by atoms with van der Waals surface area (Å²) in [6.45, 7) is 0. The molecular weight excluding hydrogens is 370 g/mol. The number of hydrogen-bond acceptors (Lipinski definition) is 4. The van der Waals surface area contributed by atoms with E-state index in [2.05, 4.69) is 30.6 Å². The summed E-state index contributed by atoms with van der Waals surface area (Å²) in [5, 5.41) is 5.02. The van der Waals surface area contributed by atoms with Crippen LogP contribution in [-0.4, -0.2) is 31.8 Å². The molecule has 140 valence electrons. The Hall–Kier alpha value is -4.08. The summed E-state index contributed by atoms with van der Waals surface area (Å²) in [4.78, 5) is 38.4. The van der Waals surface area contributed by atoms with Crippen LogP contribution in [0.15, 0.2) is 48.8 Å². The van der Waals surface area contributed by atoms with Gasteiger partial charge in [0.15, 0.2) is 0 Å². The number of rotatable bonds is 4. The summed E-state index contributed by atoms with van der Waals surface area (Å²) in [6.07, 6.45) is 3.06. The van der Waals surface area contributed by atoms with Crippen molar-refractivity contribution >= 4 is 34.7 Å². The third-order valence-corrected chi connectivity index (χ3v) is 3.85. The van der Waals surface area contributed by atoms with Gasteiger partial charge in [-0.05, 0) is 24.3 Å². The molecule has 0 spiro atoms. The number of carbonyl (C=O) groups excluding carboxylic acids is 2. The van der Waals surface area contributed by atoms with Crippen molar-refractivity contribution in [3.63, 3.8) is 0 Å². The number of para-hydroxylation sites is 1. The van der Waals surface area contributed by atoms with E-state index in [1.54, 1.807) is 24.4 Å². The largest absolute Gasteiger partial charge is 0.331 e. The Kier molecular flexibility index (Phi) is 4.28. The molecule has 4 aromatic rings. The third-order valence-electron chi connectivity index (χ3n) is 3.85. The van der Waals surface area contributed by atoms with E-state index >= 15 is 0 Å². The molecule has 2 aromatic heterocycles. The normalized spacial score (nSPS) is 10.8. The van der Waals surface area contributed by atoms with Crippen molar-refractivity contribution in [3.05, 3.63) is 71.6 Å². The molecule has 0 fully saturated rings. The first kappa shape index (κ1) is 17.3. The van der Waals surface area contributed by atoms with E-state index in [4.69, 9.17) is 0 Å². The second kappa shape index (κ2) is 6.91. The molecule has 0 atom stereocenters. The van der Waals surface area contributed by atoms with E-state index in [0.29, 0.717) is 17.1 Å². The smallest absolute Gasteiger partial charge is 0.260 e. The molecule has 4 rings (SSSR count). The highest BCUT2D eigenvalue weighted by molar-refractivity contribution is 6.11. The standard InChI is InChI=1S/C18H12F2N6O2/c19-10-6-9(7-11(20)8-10)15(27)25-18-23-13-3-1-2-12(14(13)24-18)16(28)26-17-21-4-5-22-17/h1-8H,(H2,21,22,26,28)(H2,23,24,25,27). The topological polar surface area (TPSA) is 116 Å². The van der Waals surface area contributed by atoms with E-state index in [-0.39, 0.29) is 23.0 Å². The number of aromatic amines is 2. The number of H-pyrrole nitrogens is 2. The maximum atomic E-state index is 13.3. The van der Waals surface area contributed by atoms with Crippen LogP contribution in [0.4, 0.5) is 20.7 Å². The van der Waals surface area contributed by atoms with E-state index < -0.39 is 23.4 Å². The number of imidazole rings is 2. The van der Waals surface area contributed by atoms with Gasteiger partial charge in [-0.2, -0.15) is 0 Å². The van der Waals surface area contributed by atoms with Crippen LogP contribution in [0.25, 0.3) is 11.0 Å².